The smallest absolute Gasteiger partial charge is 0.260 e. The molecule has 0 saturated heterocycles. The second kappa shape index (κ2) is 6.75. The highest BCUT2D eigenvalue weighted by Crippen LogP contribution is 2.25. The molecule has 0 heterocycles. The first-order valence-electron chi connectivity index (χ1n) is 7.28. The van der Waals surface area contributed by atoms with E-state index >= 15 is 0 Å². The van der Waals surface area contributed by atoms with Gasteiger partial charge >= 0.3 is 0 Å². The van der Waals surface area contributed by atoms with Crippen molar-refractivity contribution in [3.63, 3.8) is 0 Å². The lowest BCUT2D eigenvalue weighted by Crippen LogP contribution is -2.41. The Bertz CT molecular complexity index is 467. The predicted octanol–water partition coefficient (Wildman–Crippen LogP) is 2.31. The van der Waals surface area contributed by atoms with Crippen LogP contribution in [-0.4, -0.2) is 23.2 Å². The molecule has 20 heavy (non-hydrogen) atoms. The zero-order valence-corrected chi connectivity index (χ0v) is 12.2. The molecule has 1 unspecified atom stereocenters. The van der Waals surface area contributed by atoms with Crippen LogP contribution in [0.2, 0.25) is 0 Å². The summed E-state index contributed by atoms with van der Waals surface area (Å²) >= 11 is 0. The van der Waals surface area contributed by atoms with Gasteiger partial charge in [-0.1, -0.05) is 31.0 Å². The molecule has 1 aliphatic rings. The second-order valence-electron chi connectivity index (χ2n) is 5.47. The van der Waals surface area contributed by atoms with E-state index in [1.54, 1.807) is 6.92 Å². The maximum absolute atomic E-state index is 12.1. The third-order valence-corrected chi connectivity index (χ3v) is 3.83. The summed E-state index contributed by atoms with van der Waals surface area (Å²) in [5.41, 5.74) is 1.64. The van der Waals surface area contributed by atoms with Crippen LogP contribution in [0.15, 0.2) is 18.2 Å². The Morgan fingerprint density at radius 3 is 2.80 bits per heavy atom. The van der Waals surface area contributed by atoms with Gasteiger partial charge in [-0.3, -0.25) is 4.79 Å². The Morgan fingerprint density at radius 1 is 1.45 bits per heavy atom. The Morgan fingerprint density at radius 2 is 2.15 bits per heavy atom. The monoisotopic (exact) mass is 277 g/mol. The van der Waals surface area contributed by atoms with Crippen LogP contribution in [-0.2, 0) is 11.4 Å². The number of aliphatic hydroxyl groups is 1. The maximum Gasteiger partial charge on any atom is 0.260 e. The third-order valence-electron chi connectivity index (χ3n) is 3.83. The Hall–Kier alpha value is -1.55. The van der Waals surface area contributed by atoms with Crippen molar-refractivity contribution in [3.8, 4) is 5.75 Å². The average Bonchev–Trinajstić information content (AvgIpc) is 2.93. The quantitative estimate of drug-likeness (QED) is 0.868. The largest absolute Gasteiger partial charge is 0.480 e. The number of carbonyl (C=O) groups excluding carboxylic acids is 1. The summed E-state index contributed by atoms with van der Waals surface area (Å²) in [6.07, 6.45) is 3.94. The van der Waals surface area contributed by atoms with Crippen molar-refractivity contribution in [2.45, 2.75) is 58.3 Å². The summed E-state index contributed by atoms with van der Waals surface area (Å²) in [7, 11) is 0. The van der Waals surface area contributed by atoms with Gasteiger partial charge < -0.3 is 15.2 Å². The lowest BCUT2D eigenvalue weighted by molar-refractivity contribution is -0.128. The van der Waals surface area contributed by atoms with Gasteiger partial charge in [0.15, 0.2) is 6.10 Å². The van der Waals surface area contributed by atoms with E-state index in [9.17, 15) is 9.90 Å². The van der Waals surface area contributed by atoms with E-state index in [4.69, 9.17) is 4.74 Å². The van der Waals surface area contributed by atoms with Crippen molar-refractivity contribution < 1.29 is 14.6 Å². The predicted molar refractivity (Wildman–Crippen MR) is 77.6 cm³/mol. The number of aliphatic hydroxyl groups excluding tert-OH is 1. The molecular weight excluding hydrogens is 254 g/mol. The van der Waals surface area contributed by atoms with Gasteiger partial charge in [-0.15, -0.1) is 0 Å². The van der Waals surface area contributed by atoms with Crippen molar-refractivity contribution >= 4 is 5.91 Å². The molecule has 2 rings (SSSR count). The summed E-state index contributed by atoms with van der Waals surface area (Å²) in [5.74, 6) is 0.535. The van der Waals surface area contributed by atoms with Gasteiger partial charge in [-0.2, -0.15) is 0 Å². The summed E-state index contributed by atoms with van der Waals surface area (Å²) in [6.45, 7) is 3.57. The standard InChI is InChI=1S/C16H23NO3/c1-11-6-5-7-13(10-18)15(11)20-12(2)16(19)17-14-8-3-4-9-14/h5-7,12,14,18H,3-4,8-10H2,1-2H3,(H,17,19). The molecule has 1 aromatic carbocycles. The van der Waals surface area contributed by atoms with Crippen LogP contribution in [0.4, 0.5) is 0 Å². The Kier molecular flexibility index (Phi) is 5.01. The number of benzene rings is 1. The zero-order valence-electron chi connectivity index (χ0n) is 12.2. The van der Waals surface area contributed by atoms with E-state index in [2.05, 4.69) is 5.32 Å². The fraction of sp³-hybridized carbons (Fsp3) is 0.562. The van der Waals surface area contributed by atoms with E-state index in [-0.39, 0.29) is 12.5 Å². The van der Waals surface area contributed by atoms with Gasteiger partial charge in [0.2, 0.25) is 0 Å². The van der Waals surface area contributed by atoms with E-state index < -0.39 is 6.10 Å². The van der Waals surface area contributed by atoms with Gasteiger partial charge in [0.05, 0.1) is 6.61 Å². The number of nitrogens with one attached hydrogen (secondary N) is 1. The Balaban J connectivity index is 1.99. The fourth-order valence-corrected chi connectivity index (χ4v) is 2.63. The number of para-hydroxylation sites is 1. The van der Waals surface area contributed by atoms with E-state index in [1.165, 1.54) is 12.8 Å². The summed E-state index contributed by atoms with van der Waals surface area (Å²) in [5, 5.41) is 12.4. The molecule has 2 N–H and O–H groups in total. The van der Waals surface area contributed by atoms with Crippen LogP contribution >= 0.6 is 0 Å². The normalized spacial score (nSPS) is 16.9. The minimum atomic E-state index is -0.554. The van der Waals surface area contributed by atoms with Crippen LogP contribution < -0.4 is 10.1 Å². The molecule has 0 spiro atoms. The van der Waals surface area contributed by atoms with Gasteiger partial charge in [-0.25, -0.2) is 0 Å². The molecule has 4 nitrogen and oxygen atoms in total. The number of hydrogen-bond donors (Lipinski definition) is 2. The van der Waals surface area contributed by atoms with Crippen LogP contribution in [0.1, 0.15) is 43.7 Å². The molecule has 0 bridgehead atoms. The zero-order chi connectivity index (χ0) is 14.5. The number of amides is 1. The molecule has 1 saturated carbocycles. The van der Waals surface area contributed by atoms with E-state index in [0.717, 1.165) is 18.4 Å². The lowest BCUT2D eigenvalue weighted by atomic mass is 10.1. The molecule has 1 aromatic rings. The first-order chi connectivity index (χ1) is 9.61. The summed E-state index contributed by atoms with van der Waals surface area (Å²) in [4.78, 5) is 12.1. The Labute approximate surface area is 120 Å². The van der Waals surface area contributed by atoms with Crippen molar-refractivity contribution in [1.29, 1.82) is 0 Å². The third kappa shape index (κ3) is 3.51. The first kappa shape index (κ1) is 14.9. The molecule has 1 atom stereocenters. The first-order valence-corrected chi connectivity index (χ1v) is 7.28. The summed E-state index contributed by atoms with van der Waals surface area (Å²) < 4.78 is 5.77. The van der Waals surface area contributed by atoms with Gasteiger partial charge in [0.1, 0.15) is 5.75 Å². The molecule has 0 aliphatic heterocycles. The number of rotatable bonds is 5. The fourth-order valence-electron chi connectivity index (χ4n) is 2.63. The van der Waals surface area contributed by atoms with Crippen LogP contribution in [0.3, 0.4) is 0 Å². The minimum Gasteiger partial charge on any atom is -0.480 e. The highest BCUT2D eigenvalue weighted by Gasteiger charge is 2.22. The lowest BCUT2D eigenvalue weighted by Gasteiger charge is -2.20. The maximum atomic E-state index is 12.1. The highest BCUT2D eigenvalue weighted by molar-refractivity contribution is 5.81. The minimum absolute atomic E-state index is 0.0796. The molecule has 1 amide bonds. The molecule has 4 heteroatoms. The van der Waals surface area contributed by atoms with Crippen LogP contribution in [0.25, 0.3) is 0 Å². The van der Waals surface area contributed by atoms with E-state index in [1.807, 2.05) is 25.1 Å². The molecule has 1 fully saturated rings. The number of aryl methyl sites for hydroxylation is 1. The summed E-state index contributed by atoms with van der Waals surface area (Å²) in [6, 6.07) is 5.89. The number of carbonyl (C=O) groups is 1. The molecule has 0 radical (unpaired) electrons. The van der Waals surface area contributed by atoms with Crippen molar-refractivity contribution in [2.24, 2.45) is 0 Å². The molecular formula is C16H23NO3. The van der Waals surface area contributed by atoms with E-state index in [0.29, 0.717) is 17.4 Å². The number of hydrogen-bond acceptors (Lipinski definition) is 3. The molecule has 0 aromatic heterocycles. The molecule has 110 valence electrons. The SMILES string of the molecule is Cc1cccc(CO)c1OC(C)C(=O)NC1CCCC1. The van der Waals surface area contributed by atoms with Gasteiger partial charge in [-0.05, 0) is 32.3 Å². The molecule has 1 aliphatic carbocycles. The van der Waals surface area contributed by atoms with Crippen LogP contribution in [0, 0.1) is 6.92 Å². The van der Waals surface area contributed by atoms with Gasteiger partial charge in [0, 0.05) is 11.6 Å². The topological polar surface area (TPSA) is 58.6 Å². The second-order valence-corrected chi connectivity index (χ2v) is 5.47. The van der Waals surface area contributed by atoms with Crippen molar-refractivity contribution in [1.82, 2.24) is 5.32 Å². The van der Waals surface area contributed by atoms with Crippen LogP contribution in [0.5, 0.6) is 5.75 Å². The number of ether oxygens (including phenoxy) is 1. The van der Waals surface area contributed by atoms with Crippen molar-refractivity contribution in [2.75, 3.05) is 0 Å². The van der Waals surface area contributed by atoms with Crippen molar-refractivity contribution in [3.05, 3.63) is 29.3 Å². The van der Waals surface area contributed by atoms with Gasteiger partial charge in [0.25, 0.3) is 5.91 Å². The highest BCUT2D eigenvalue weighted by atomic mass is 16.5. The average molecular weight is 277 g/mol.